The van der Waals surface area contributed by atoms with Gasteiger partial charge in [-0.25, -0.2) is 0 Å². The molecule has 1 unspecified atom stereocenters. The van der Waals surface area contributed by atoms with Crippen LogP contribution >= 0.6 is 11.3 Å². The standard InChI is InChI=1S/C14H20N2O2S/c1-3-14(2)13(18)16(9-7-12(17)15-14)8-6-11-5-4-10-19-11/h4-5,10H,3,6-9H2,1-2H3,(H,15,17). The van der Waals surface area contributed by atoms with Crippen LogP contribution in [0.15, 0.2) is 17.5 Å². The van der Waals surface area contributed by atoms with Crippen molar-refractivity contribution in [3.8, 4) is 0 Å². The van der Waals surface area contributed by atoms with Crippen molar-refractivity contribution in [2.75, 3.05) is 13.1 Å². The lowest BCUT2D eigenvalue weighted by Gasteiger charge is -2.31. The summed E-state index contributed by atoms with van der Waals surface area (Å²) in [5.74, 6) is 0.00808. The molecule has 1 fully saturated rings. The zero-order chi connectivity index (χ0) is 13.9. The van der Waals surface area contributed by atoms with Crippen LogP contribution in [0.3, 0.4) is 0 Å². The number of thiophene rings is 1. The van der Waals surface area contributed by atoms with Gasteiger partial charge in [-0.05, 0) is 31.2 Å². The fourth-order valence-corrected chi connectivity index (χ4v) is 2.96. The van der Waals surface area contributed by atoms with Crippen LogP contribution in [0.2, 0.25) is 0 Å². The van der Waals surface area contributed by atoms with Crippen molar-refractivity contribution in [1.82, 2.24) is 10.2 Å². The quantitative estimate of drug-likeness (QED) is 0.914. The Morgan fingerprint density at radius 2 is 2.26 bits per heavy atom. The molecule has 1 aromatic rings. The number of rotatable bonds is 4. The van der Waals surface area contributed by atoms with Crippen molar-refractivity contribution in [3.05, 3.63) is 22.4 Å². The summed E-state index contributed by atoms with van der Waals surface area (Å²) in [4.78, 5) is 27.3. The Hall–Kier alpha value is -1.36. The van der Waals surface area contributed by atoms with Gasteiger partial charge in [-0.1, -0.05) is 13.0 Å². The van der Waals surface area contributed by atoms with E-state index < -0.39 is 5.54 Å². The molecule has 104 valence electrons. The van der Waals surface area contributed by atoms with Gasteiger partial charge in [0.2, 0.25) is 11.8 Å². The molecular weight excluding hydrogens is 260 g/mol. The first kappa shape index (κ1) is 14.1. The maximum atomic E-state index is 12.5. The maximum absolute atomic E-state index is 12.5. The summed E-state index contributed by atoms with van der Waals surface area (Å²) in [6, 6.07) is 4.10. The number of carbonyl (C=O) groups excluding carboxylic acids is 2. The van der Waals surface area contributed by atoms with Gasteiger partial charge >= 0.3 is 0 Å². The van der Waals surface area contributed by atoms with E-state index in [9.17, 15) is 9.59 Å². The zero-order valence-corrected chi connectivity index (χ0v) is 12.3. The summed E-state index contributed by atoms with van der Waals surface area (Å²) in [7, 11) is 0. The highest BCUT2D eigenvalue weighted by molar-refractivity contribution is 7.09. The monoisotopic (exact) mass is 280 g/mol. The molecule has 0 aromatic carbocycles. The molecule has 2 amide bonds. The van der Waals surface area contributed by atoms with E-state index in [0.29, 0.717) is 25.9 Å². The predicted molar refractivity (Wildman–Crippen MR) is 76.1 cm³/mol. The molecule has 0 bridgehead atoms. The molecule has 5 heteroatoms. The van der Waals surface area contributed by atoms with Crippen LogP contribution in [0.1, 0.15) is 31.6 Å². The third kappa shape index (κ3) is 3.15. The van der Waals surface area contributed by atoms with Gasteiger partial charge in [-0.15, -0.1) is 11.3 Å². The molecular formula is C14H20N2O2S. The molecule has 1 aliphatic heterocycles. The normalized spacial score (nSPS) is 24.2. The number of carbonyl (C=O) groups is 2. The van der Waals surface area contributed by atoms with Crippen LogP contribution in [0.5, 0.6) is 0 Å². The van der Waals surface area contributed by atoms with E-state index >= 15 is 0 Å². The predicted octanol–water partition coefficient (Wildman–Crippen LogP) is 1.81. The summed E-state index contributed by atoms with van der Waals surface area (Å²) < 4.78 is 0. The van der Waals surface area contributed by atoms with E-state index in [0.717, 1.165) is 6.42 Å². The summed E-state index contributed by atoms with van der Waals surface area (Å²) in [6.07, 6.45) is 1.87. The molecule has 19 heavy (non-hydrogen) atoms. The van der Waals surface area contributed by atoms with Gasteiger partial charge in [0, 0.05) is 24.4 Å². The average Bonchev–Trinajstić information content (AvgIpc) is 2.87. The number of hydrogen-bond donors (Lipinski definition) is 1. The Labute approximate surface area is 117 Å². The van der Waals surface area contributed by atoms with Crippen molar-refractivity contribution >= 4 is 23.2 Å². The second-order valence-corrected chi connectivity index (χ2v) is 6.14. The highest BCUT2D eigenvalue weighted by Gasteiger charge is 2.38. The zero-order valence-electron chi connectivity index (χ0n) is 11.4. The van der Waals surface area contributed by atoms with Crippen molar-refractivity contribution in [2.24, 2.45) is 0 Å². The Kier molecular flexibility index (Phi) is 4.24. The summed E-state index contributed by atoms with van der Waals surface area (Å²) in [5, 5.41) is 4.89. The van der Waals surface area contributed by atoms with E-state index in [1.807, 2.05) is 30.2 Å². The van der Waals surface area contributed by atoms with Gasteiger partial charge in [0.25, 0.3) is 0 Å². The molecule has 2 heterocycles. The molecule has 0 aliphatic carbocycles. The third-order valence-electron chi connectivity index (χ3n) is 3.70. The van der Waals surface area contributed by atoms with Crippen LogP contribution in [0, 0.1) is 0 Å². The van der Waals surface area contributed by atoms with Crippen LogP contribution in [0.4, 0.5) is 0 Å². The molecule has 0 spiro atoms. The lowest BCUT2D eigenvalue weighted by molar-refractivity contribution is -0.138. The topological polar surface area (TPSA) is 49.4 Å². The van der Waals surface area contributed by atoms with Crippen molar-refractivity contribution in [1.29, 1.82) is 0 Å². The van der Waals surface area contributed by atoms with Crippen molar-refractivity contribution in [3.63, 3.8) is 0 Å². The first-order chi connectivity index (χ1) is 9.05. The number of nitrogens with one attached hydrogen (secondary N) is 1. The van der Waals surface area contributed by atoms with E-state index in [4.69, 9.17) is 0 Å². The van der Waals surface area contributed by atoms with Crippen LogP contribution in [-0.4, -0.2) is 35.3 Å². The van der Waals surface area contributed by atoms with Crippen LogP contribution in [-0.2, 0) is 16.0 Å². The second-order valence-electron chi connectivity index (χ2n) is 5.11. The molecule has 1 aromatic heterocycles. The first-order valence-electron chi connectivity index (χ1n) is 6.68. The third-order valence-corrected chi connectivity index (χ3v) is 4.63. The first-order valence-corrected chi connectivity index (χ1v) is 7.56. The van der Waals surface area contributed by atoms with E-state index in [1.54, 1.807) is 11.3 Å². The molecule has 0 saturated carbocycles. The largest absolute Gasteiger partial charge is 0.342 e. The fraction of sp³-hybridized carbons (Fsp3) is 0.571. The van der Waals surface area contributed by atoms with Gasteiger partial charge in [0.05, 0.1) is 0 Å². The van der Waals surface area contributed by atoms with Crippen LogP contribution in [0.25, 0.3) is 0 Å². The lowest BCUT2D eigenvalue weighted by Crippen LogP contribution is -2.54. The molecule has 1 N–H and O–H groups in total. The van der Waals surface area contributed by atoms with Crippen molar-refractivity contribution in [2.45, 2.75) is 38.6 Å². The number of amides is 2. The van der Waals surface area contributed by atoms with E-state index in [2.05, 4.69) is 11.4 Å². The Bertz CT molecular complexity index is 458. The van der Waals surface area contributed by atoms with E-state index in [1.165, 1.54) is 4.88 Å². The van der Waals surface area contributed by atoms with Gasteiger partial charge in [-0.3, -0.25) is 9.59 Å². The SMILES string of the molecule is CCC1(C)NC(=O)CCN(CCc2cccs2)C1=O. The molecule has 1 aliphatic rings. The Morgan fingerprint density at radius 3 is 2.89 bits per heavy atom. The second kappa shape index (κ2) is 5.74. The highest BCUT2D eigenvalue weighted by atomic mass is 32.1. The van der Waals surface area contributed by atoms with Gasteiger partial charge in [0.1, 0.15) is 5.54 Å². The number of hydrogen-bond acceptors (Lipinski definition) is 3. The van der Waals surface area contributed by atoms with Crippen molar-refractivity contribution < 1.29 is 9.59 Å². The van der Waals surface area contributed by atoms with Gasteiger partial charge in [0.15, 0.2) is 0 Å². The van der Waals surface area contributed by atoms with Gasteiger partial charge < -0.3 is 10.2 Å². The molecule has 1 saturated heterocycles. The van der Waals surface area contributed by atoms with E-state index in [-0.39, 0.29) is 11.8 Å². The average molecular weight is 280 g/mol. The summed E-state index contributed by atoms with van der Waals surface area (Å²) >= 11 is 1.70. The number of nitrogens with zero attached hydrogens (tertiary/aromatic N) is 1. The Morgan fingerprint density at radius 1 is 1.47 bits per heavy atom. The minimum atomic E-state index is -0.747. The fourth-order valence-electron chi connectivity index (χ4n) is 2.26. The lowest BCUT2D eigenvalue weighted by atomic mass is 9.97. The minimum Gasteiger partial charge on any atom is -0.342 e. The molecule has 4 nitrogen and oxygen atoms in total. The highest BCUT2D eigenvalue weighted by Crippen LogP contribution is 2.18. The smallest absolute Gasteiger partial charge is 0.248 e. The summed E-state index contributed by atoms with van der Waals surface area (Å²) in [5.41, 5.74) is -0.747. The molecule has 0 radical (unpaired) electrons. The van der Waals surface area contributed by atoms with Gasteiger partial charge in [-0.2, -0.15) is 0 Å². The summed E-state index contributed by atoms with van der Waals surface area (Å²) in [6.45, 7) is 4.95. The molecule has 2 rings (SSSR count). The molecule has 1 atom stereocenters. The minimum absolute atomic E-state index is 0.0312. The van der Waals surface area contributed by atoms with Crippen LogP contribution < -0.4 is 5.32 Å². The maximum Gasteiger partial charge on any atom is 0.248 e. The Balaban J connectivity index is 2.06.